The first-order valence-corrected chi connectivity index (χ1v) is 12.3. The van der Waals surface area contributed by atoms with Crippen LogP contribution in [0.25, 0.3) is 0 Å². The summed E-state index contributed by atoms with van der Waals surface area (Å²) < 4.78 is 6.56. The van der Waals surface area contributed by atoms with Gasteiger partial charge in [-0.1, -0.05) is 11.2 Å². The van der Waals surface area contributed by atoms with E-state index in [1.807, 2.05) is 0 Å². The van der Waals surface area contributed by atoms with Gasteiger partial charge in [0.1, 0.15) is 17.3 Å². The predicted molar refractivity (Wildman–Crippen MR) is 136 cm³/mol. The molecule has 0 spiro atoms. The first kappa shape index (κ1) is 28.3. The van der Waals surface area contributed by atoms with Gasteiger partial charge in [0.2, 0.25) is 11.5 Å². The molecule has 38 heavy (non-hydrogen) atoms. The minimum absolute atomic E-state index is 0.0460. The maximum Gasteiger partial charge on any atom is 0.413 e. The summed E-state index contributed by atoms with van der Waals surface area (Å²) in [6, 6.07) is 3.01. The van der Waals surface area contributed by atoms with E-state index in [2.05, 4.69) is 26.1 Å². The molecule has 3 rings (SSSR count). The molecule has 1 aliphatic rings. The number of aromatic nitrogens is 2. The Morgan fingerprint density at radius 3 is 2.53 bits per heavy atom. The van der Waals surface area contributed by atoms with Crippen molar-refractivity contribution in [2.24, 2.45) is 5.16 Å². The van der Waals surface area contributed by atoms with Crippen molar-refractivity contribution in [3.63, 3.8) is 0 Å². The lowest BCUT2D eigenvalue weighted by atomic mass is 9.98. The van der Waals surface area contributed by atoms with Crippen LogP contribution in [0.1, 0.15) is 40.3 Å². The van der Waals surface area contributed by atoms with Crippen molar-refractivity contribution in [2.75, 3.05) is 5.32 Å². The van der Waals surface area contributed by atoms with Gasteiger partial charge >= 0.3 is 12.1 Å². The first-order chi connectivity index (χ1) is 17.7. The molecule has 0 aliphatic carbocycles. The van der Waals surface area contributed by atoms with Crippen LogP contribution in [-0.4, -0.2) is 67.5 Å². The Kier molecular flexibility index (Phi) is 8.19. The molecule has 1 saturated heterocycles. The summed E-state index contributed by atoms with van der Waals surface area (Å²) in [7, 11) is 0. The van der Waals surface area contributed by atoms with Crippen molar-refractivity contribution in [3.05, 3.63) is 45.8 Å². The molecule has 2 unspecified atom stereocenters. The number of thiazole rings is 1. The van der Waals surface area contributed by atoms with Crippen LogP contribution in [0.3, 0.4) is 0 Å². The van der Waals surface area contributed by atoms with Crippen LogP contribution in [0.5, 0.6) is 0 Å². The Morgan fingerprint density at radius 2 is 1.92 bits per heavy atom. The lowest BCUT2D eigenvalue weighted by Gasteiger charge is -2.37. The van der Waals surface area contributed by atoms with Crippen LogP contribution in [0.4, 0.5) is 9.93 Å². The molecule has 3 amide bonds. The average molecular weight is 549 g/mol. The fourth-order valence-corrected chi connectivity index (χ4v) is 3.71. The minimum Gasteiger partial charge on any atom is -0.478 e. The highest BCUT2D eigenvalue weighted by atomic mass is 32.1. The van der Waals surface area contributed by atoms with Crippen LogP contribution in [-0.2, 0) is 30.5 Å². The molecule has 0 bridgehead atoms. The second-order valence-corrected chi connectivity index (χ2v) is 10.6. The quantitative estimate of drug-likeness (QED) is 0.200. The Morgan fingerprint density at radius 1 is 1.21 bits per heavy atom. The summed E-state index contributed by atoms with van der Waals surface area (Å²) in [5.41, 5.74) is -3.29. The van der Waals surface area contributed by atoms with E-state index in [4.69, 9.17) is 9.57 Å². The Labute approximate surface area is 221 Å². The molecule has 0 aromatic carbocycles. The van der Waals surface area contributed by atoms with Gasteiger partial charge in [-0.2, -0.15) is 0 Å². The number of ether oxygens (including phenoxy) is 1. The fraction of sp³-hybridized carbons (Fsp3) is 0.435. The molecule has 0 radical (unpaired) electrons. The normalized spacial score (nSPS) is 17.6. The van der Waals surface area contributed by atoms with E-state index in [1.165, 1.54) is 29.9 Å². The van der Waals surface area contributed by atoms with E-state index < -0.39 is 52.9 Å². The van der Waals surface area contributed by atoms with Crippen molar-refractivity contribution in [1.82, 2.24) is 20.2 Å². The van der Waals surface area contributed by atoms with Crippen molar-refractivity contribution >= 4 is 46.1 Å². The molecule has 4 N–H and O–H groups in total. The largest absolute Gasteiger partial charge is 0.478 e. The zero-order valence-corrected chi connectivity index (χ0v) is 22.1. The van der Waals surface area contributed by atoms with Crippen LogP contribution >= 0.6 is 11.3 Å². The molecule has 15 heteroatoms. The molecule has 0 saturated carbocycles. The van der Waals surface area contributed by atoms with E-state index >= 15 is 0 Å². The number of rotatable bonds is 9. The Hall–Kier alpha value is -4.27. The summed E-state index contributed by atoms with van der Waals surface area (Å²) in [5, 5.41) is 22.1. The lowest BCUT2D eigenvalue weighted by Crippen LogP contribution is -2.71. The minimum atomic E-state index is -1.79. The SMILES string of the molecule is CC(C)(C)OC(=O)Nc1nc(/C(=N/OC(C)(C)C(=O)O)C(=O)NC2C(=O)NC2Cn2ccccc2=O)cs1. The van der Waals surface area contributed by atoms with E-state index in [9.17, 15) is 29.1 Å². The number of pyridine rings is 1. The molecule has 2 aromatic rings. The predicted octanol–water partition coefficient (Wildman–Crippen LogP) is 0.919. The van der Waals surface area contributed by atoms with Crippen LogP contribution in [0, 0.1) is 0 Å². The standard InChI is InChI=1S/C23H28N6O8S/c1-22(2,3)36-21(35)27-20-25-13(11-38-20)16(28-37-23(4,5)19(33)34)18(32)26-15-12(24-17(15)31)10-29-9-7-6-8-14(29)30/h6-9,11-12,15H,10H2,1-5H3,(H,24,31)(H,26,32)(H,33,34)(H,25,27,35)/b28-16-. The van der Waals surface area contributed by atoms with Gasteiger partial charge in [-0.15, -0.1) is 11.3 Å². The summed E-state index contributed by atoms with van der Waals surface area (Å²) in [5.74, 6) is -2.70. The number of hydrogen-bond acceptors (Lipinski definition) is 10. The molecule has 1 aliphatic heterocycles. The molecule has 14 nitrogen and oxygen atoms in total. The molecule has 204 valence electrons. The van der Waals surface area contributed by atoms with Crippen molar-refractivity contribution in [3.8, 4) is 0 Å². The number of β-lactam (4-membered cyclic amide) rings is 1. The van der Waals surface area contributed by atoms with Gasteiger partial charge in [-0.3, -0.25) is 19.7 Å². The number of oxime groups is 1. The van der Waals surface area contributed by atoms with E-state index in [-0.39, 0.29) is 22.9 Å². The third-order valence-corrected chi connectivity index (χ3v) is 5.80. The number of carbonyl (C=O) groups is 4. The van der Waals surface area contributed by atoms with Crippen LogP contribution < -0.4 is 21.5 Å². The molecule has 1 fully saturated rings. The topological polar surface area (TPSA) is 190 Å². The number of carboxylic acid groups (broad SMARTS) is 1. The van der Waals surface area contributed by atoms with E-state index in [1.54, 1.807) is 39.1 Å². The summed E-state index contributed by atoms with van der Waals surface area (Å²) in [6.45, 7) is 7.64. The van der Waals surface area contributed by atoms with Gasteiger partial charge in [0, 0.05) is 24.2 Å². The maximum absolute atomic E-state index is 13.2. The molecule has 2 aromatic heterocycles. The number of amides is 3. The second-order valence-electron chi connectivity index (χ2n) is 9.77. The van der Waals surface area contributed by atoms with Crippen LogP contribution in [0.15, 0.2) is 39.7 Å². The lowest BCUT2D eigenvalue weighted by molar-refractivity contribution is -0.161. The average Bonchev–Trinajstić information content (AvgIpc) is 3.25. The smallest absolute Gasteiger partial charge is 0.413 e. The van der Waals surface area contributed by atoms with Gasteiger partial charge in [0.25, 0.3) is 11.5 Å². The summed E-state index contributed by atoms with van der Waals surface area (Å²) >= 11 is 0.959. The highest BCUT2D eigenvalue weighted by Gasteiger charge is 2.42. The molecule has 2 atom stereocenters. The Balaban J connectivity index is 1.81. The van der Waals surface area contributed by atoms with Crippen molar-refractivity contribution in [1.29, 1.82) is 0 Å². The van der Waals surface area contributed by atoms with Crippen molar-refractivity contribution in [2.45, 2.75) is 64.4 Å². The monoisotopic (exact) mass is 548 g/mol. The number of carbonyl (C=O) groups excluding carboxylic acids is 3. The highest BCUT2D eigenvalue weighted by Crippen LogP contribution is 2.20. The zero-order valence-electron chi connectivity index (χ0n) is 21.3. The molecular formula is C23H28N6O8S. The van der Waals surface area contributed by atoms with Gasteiger partial charge < -0.3 is 29.9 Å². The summed E-state index contributed by atoms with van der Waals surface area (Å²) in [6.07, 6.45) is 0.782. The van der Waals surface area contributed by atoms with Crippen molar-refractivity contribution < 1.29 is 33.9 Å². The first-order valence-electron chi connectivity index (χ1n) is 11.4. The number of hydrogen-bond donors (Lipinski definition) is 4. The van der Waals surface area contributed by atoms with Gasteiger partial charge in [-0.05, 0) is 40.7 Å². The van der Waals surface area contributed by atoms with E-state index in [0.717, 1.165) is 11.3 Å². The molecular weight excluding hydrogens is 520 g/mol. The third-order valence-electron chi connectivity index (χ3n) is 5.04. The number of anilines is 1. The summed E-state index contributed by atoms with van der Waals surface area (Å²) in [4.78, 5) is 70.2. The second kappa shape index (κ2) is 11.0. The number of aliphatic carboxylic acids is 1. The van der Waals surface area contributed by atoms with Gasteiger partial charge in [-0.25, -0.2) is 14.6 Å². The highest BCUT2D eigenvalue weighted by molar-refractivity contribution is 7.14. The van der Waals surface area contributed by atoms with Crippen LogP contribution in [0.2, 0.25) is 0 Å². The number of nitrogens with one attached hydrogen (secondary N) is 3. The van der Waals surface area contributed by atoms with E-state index in [0.29, 0.717) is 0 Å². The maximum atomic E-state index is 13.2. The number of nitrogens with zero attached hydrogens (tertiary/aromatic N) is 3. The fourth-order valence-electron chi connectivity index (χ4n) is 3.03. The van der Waals surface area contributed by atoms with Gasteiger partial charge in [0.15, 0.2) is 10.8 Å². The van der Waals surface area contributed by atoms with Gasteiger partial charge in [0.05, 0.1) is 6.04 Å². The number of carboxylic acids is 1. The molecule has 3 heterocycles. The Bertz CT molecular complexity index is 1330. The third kappa shape index (κ3) is 7.15. The zero-order chi connectivity index (χ0) is 28.3.